The second-order valence-corrected chi connectivity index (χ2v) is 9.40. The van der Waals surface area contributed by atoms with Crippen molar-refractivity contribution in [2.75, 3.05) is 7.11 Å². The average molecular weight is 534 g/mol. The number of pyridine rings is 2. The first-order valence-electron chi connectivity index (χ1n) is 11.3. The van der Waals surface area contributed by atoms with E-state index in [0.717, 1.165) is 5.56 Å². The Kier molecular flexibility index (Phi) is 5.78. The van der Waals surface area contributed by atoms with E-state index in [0.29, 0.717) is 43.8 Å². The van der Waals surface area contributed by atoms with E-state index in [1.165, 1.54) is 24.5 Å². The summed E-state index contributed by atoms with van der Waals surface area (Å²) in [6, 6.07) is 16.1. The van der Waals surface area contributed by atoms with Crippen LogP contribution in [0.25, 0.3) is 16.9 Å². The number of fused-ring (bicyclic) bond motifs is 2. The molecular formula is C27H18Cl2FN5O2. The zero-order valence-electron chi connectivity index (χ0n) is 19.4. The Labute approximate surface area is 221 Å². The lowest BCUT2D eigenvalue weighted by Crippen LogP contribution is -2.28. The number of carbonyl (C=O) groups is 1. The van der Waals surface area contributed by atoms with E-state index >= 15 is 0 Å². The SMILES string of the molecule is COc1ccc(CN2C(=O)c3nc(-c4ccc5ncnn5c4)cc(Cl)c3C2c2cc(F)ccc2Cl)cc1. The van der Waals surface area contributed by atoms with Crippen molar-refractivity contribution in [3.8, 4) is 17.0 Å². The highest BCUT2D eigenvalue weighted by molar-refractivity contribution is 6.33. The zero-order valence-corrected chi connectivity index (χ0v) is 20.9. The van der Waals surface area contributed by atoms with Gasteiger partial charge >= 0.3 is 0 Å². The molecule has 1 aliphatic rings. The first-order valence-corrected chi connectivity index (χ1v) is 12.1. The van der Waals surface area contributed by atoms with Crippen LogP contribution in [0.15, 0.2) is 73.2 Å². The number of ether oxygens (including phenoxy) is 1. The van der Waals surface area contributed by atoms with Gasteiger partial charge in [0.25, 0.3) is 5.91 Å². The summed E-state index contributed by atoms with van der Waals surface area (Å²) in [5.74, 6) is -0.100. The smallest absolute Gasteiger partial charge is 0.273 e. The number of rotatable bonds is 5. The van der Waals surface area contributed by atoms with Crippen molar-refractivity contribution in [2.45, 2.75) is 12.6 Å². The van der Waals surface area contributed by atoms with Crippen LogP contribution in [0.4, 0.5) is 4.39 Å². The number of hydrogen-bond acceptors (Lipinski definition) is 5. The number of halogens is 3. The maximum atomic E-state index is 14.4. The summed E-state index contributed by atoms with van der Waals surface area (Å²) in [5.41, 5.74) is 3.86. The Balaban J connectivity index is 1.49. The van der Waals surface area contributed by atoms with Gasteiger partial charge in [-0.05, 0) is 54.1 Å². The molecule has 1 amide bonds. The topological polar surface area (TPSA) is 72.6 Å². The van der Waals surface area contributed by atoms with Crippen molar-refractivity contribution in [2.24, 2.45) is 0 Å². The molecule has 184 valence electrons. The number of hydrogen-bond donors (Lipinski definition) is 0. The highest BCUT2D eigenvalue weighted by atomic mass is 35.5. The summed E-state index contributed by atoms with van der Waals surface area (Å²) >= 11 is 13.3. The van der Waals surface area contributed by atoms with Crippen LogP contribution >= 0.6 is 23.2 Å². The summed E-state index contributed by atoms with van der Waals surface area (Å²) in [6.45, 7) is 0.229. The molecule has 0 bridgehead atoms. The Hall–Kier alpha value is -4.01. The van der Waals surface area contributed by atoms with E-state index < -0.39 is 11.9 Å². The van der Waals surface area contributed by atoms with Crippen molar-refractivity contribution in [3.63, 3.8) is 0 Å². The van der Waals surface area contributed by atoms with Gasteiger partial charge in [-0.3, -0.25) is 4.79 Å². The van der Waals surface area contributed by atoms with Gasteiger partial charge in [0.2, 0.25) is 0 Å². The molecule has 1 unspecified atom stereocenters. The molecule has 6 rings (SSSR count). The maximum Gasteiger partial charge on any atom is 0.273 e. The normalized spacial score (nSPS) is 14.9. The Morgan fingerprint density at radius 1 is 1.03 bits per heavy atom. The molecule has 1 atom stereocenters. The molecule has 0 radical (unpaired) electrons. The fraction of sp³-hybridized carbons (Fsp3) is 0.111. The van der Waals surface area contributed by atoms with E-state index in [4.69, 9.17) is 32.9 Å². The molecule has 7 nitrogen and oxygen atoms in total. The molecule has 1 aliphatic heterocycles. The lowest BCUT2D eigenvalue weighted by Gasteiger charge is -2.27. The zero-order chi connectivity index (χ0) is 25.7. The van der Waals surface area contributed by atoms with Crippen LogP contribution in [0.2, 0.25) is 10.0 Å². The molecule has 10 heteroatoms. The van der Waals surface area contributed by atoms with E-state index in [-0.39, 0.29) is 18.1 Å². The van der Waals surface area contributed by atoms with Gasteiger partial charge in [-0.15, -0.1) is 0 Å². The van der Waals surface area contributed by atoms with Crippen LogP contribution in [0, 0.1) is 5.82 Å². The summed E-state index contributed by atoms with van der Waals surface area (Å²) in [6.07, 6.45) is 3.22. The summed E-state index contributed by atoms with van der Waals surface area (Å²) in [7, 11) is 1.59. The largest absolute Gasteiger partial charge is 0.497 e. The van der Waals surface area contributed by atoms with Gasteiger partial charge < -0.3 is 9.64 Å². The third kappa shape index (κ3) is 4.08. The molecule has 0 saturated heterocycles. The first-order chi connectivity index (χ1) is 17.9. The number of nitrogens with zero attached hydrogens (tertiary/aromatic N) is 5. The number of aromatic nitrogens is 4. The third-order valence-electron chi connectivity index (χ3n) is 6.39. The van der Waals surface area contributed by atoms with Gasteiger partial charge in [0, 0.05) is 34.5 Å². The molecule has 2 aromatic carbocycles. The molecule has 0 fully saturated rings. The van der Waals surface area contributed by atoms with Gasteiger partial charge in [-0.2, -0.15) is 5.10 Å². The Morgan fingerprint density at radius 3 is 2.62 bits per heavy atom. The van der Waals surface area contributed by atoms with Crippen molar-refractivity contribution in [3.05, 3.63) is 111 Å². The fourth-order valence-corrected chi connectivity index (χ4v) is 5.13. The van der Waals surface area contributed by atoms with Crippen LogP contribution in [-0.2, 0) is 6.54 Å². The molecule has 0 aliphatic carbocycles. The molecule has 37 heavy (non-hydrogen) atoms. The molecule has 4 heterocycles. The Bertz CT molecular complexity index is 1670. The predicted octanol–water partition coefficient (Wildman–Crippen LogP) is 5.99. The fourth-order valence-electron chi connectivity index (χ4n) is 4.61. The number of carbonyl (C=O) groups excluding carboxylic acids is 1. The molecule has 5 aromatic rings. The highest BCUT2D eigenvalue weighted by Gasteiger charge is 2.42. The van der Waals surface area contributed by atoms with Crippen LogP contribution in [-0.4, -0.2) is 37.5 Å². The lowest BCUT2D eigenvalue weighted by molar-refractivity contribution is 0.0732. The van der Waals surface area contributed by atoms with Crippen LogP contribution in [0.5, 0.6) is 5.75 Å². The second-order valence-electron chi connectivity index (χ2n) is 8.58. The van der Waals surface area contributed by atoms with E-state index in [2.05, 4.69) is 10.1 Å². The second kappa shape index (κ2) is 9.14. The van der Waals surface area contributed by atoms with Crippen LogP contribution < -0.4 is 4.74 Å². The highest BCUT2D eigenvalue weighted by Crippen LogP contribution is 2.45. The van der Waals surface area contributed by atoms with Gasteiger partial charge in [0.1, 0.15) is 23.6 Å². The van der Waals surface area contributed by atoms with E-state index in [1.807, 2.05) is 30.3 Å². The van der Waals surface area contributed by atoms with E-state index in [9.17, 15) is 9.18 Å². The van der Waals surface area contributed by atoms with Gasteiger partial charge in [-0.1, -0.05) is 35.3 Å². The quantitative estimate of drug-likeness (QED) is 0.277. The molecule has 3 aromatic heterocycles. The minimum atomic E-state index is -0.723. The first kappa shape index (κ1) is 23.4. The lowest BCUT2D eigenvalue weighted by atomic mass is 9.98. The van der Waals surface area contributed by atoms with Crippen molar-refractivity contribution < 1.29 is 13.9 Å². The van der Waals surface area contributed by atoms with Crippen LogP contribution in [0.1, 0.15) is 33.2 Å². The summed E-state index contributed by atoms with van der Waals surface area (Å²) in [4.78, 5) is 24.3. The van der Waals surface area contributed by atoms with Crippen molar-refractivity contribution in [1.82, 2.24) is 24.5 Å². The standard InChI is InChI=1S/C27H18Cl2FN5O2/c1-37-18-6-2-15(3-7-18)12-34-26(19-10-17(30)5-8-20(19)28)24-21(29)11-22(33-25(24)27(34)36)16-4-9-23-31-14-32-35(23)13-16/h2-11,13-14,26H,12H2,1H3. The van der Waals surface area contributed by atoms with Gasteiger partial charge in [0.05, 0.1) is 23.9 Å². The predicted molar refractivity (Wildman–Crippen MR) is 137 cm³/mol. The van der Waals surface area contributed by atoms with Gasteiger partial charge in [-0.25, -0.2) is 18.9 Å². The average Bonchev–Trinajstić information content (AvgIpc) is 3.48. The number of benzene rings is 2. The number of amides is 1. The third-order valence-corrected chi connectivity index (χ3v) is 7.05. The minimum Gasteiger partial charge on any atom is -0.497 e. The van der Waals surface area contributed by atoms with Crippen LogP contribution in [0.3, 0.4) is 0 Å². The summed E-state index contributed by atoms with van der Waals surface area (Å²) < 4.78 is 21.2. The molecule has 0 N–H and O–H groups in total. The molecule has 0 spiro atoms. The Morgan fingerprint density at radius 2 is 1.84 bits per heavy atom. The summed E-state index contributed by atoms with van der Waals surface area (Å²) in [5, 5.41) is 4.82. The molecular weight excluding hydrogens is 516 g/mol. The van der Waals surface area contributed by atoms with Gasteiger partial charge in [0.15, 0.2) is 5.65 Å². The minimum absolute atomic E-state index is 0.194. The molecule has 0 saturated carbocycles. The maximum absolute atomic E-state index is 14.4. The number of methoxy groups -OCH3 is 1. The van der Waals surface area contributed by atoms with Crippen molar-refractivity contribution in [1.29, 1.82) is 0 Å². The van der Waals surface area contributed by atoms with E-state index in [1.54, 1.807) is 34.9 Å². The monoisotopic (exact) mass is 533 g/mol. The van der Waals surface area contributed by atoms with Crippen molar-refractivity contribution >= 4 is 34.8 Å².